The highest BCUT2D eigenvalue weighted by Crippen LogP contribution is 2.23. The summed E-state index contributed by atoms with van der Waals surface area (Å²) >= 11 is 0. The first-order valence-corrected chi connectivity index (χ1v) is 8.96. The molecule has 152 valence electrons. The lowest BCUT2D eigenvalue weighted by Gasteiger charge is -2.03. The van der Waals surface area contributed by atoms with E-state index in [4.69, 9.17) is 9.15 Å². The fourth-order valence-corrected chi connectivity index (χ4v) is 2.62. The van der Waals surface area contributed by atoms with Crippen LogP contribution in [0.4, 0.5) is 5.69 Å². The molecule has 3 rings (SSSR count). The van der Waals surface area contributed by atoms with Gasteiger partial charge in [0, 0.05) is 23.7 Å². The van der Waals surface area contributed by atoms with Crippen LogP contribution in [0.3, 0.4) is 0 Å². The third-order valence-corrected chi connectivity index (χ3v) is 4.02. The van der Waals surface area contributed by atoms with Crippen molar-refractivity contribution >= 4 is 29.7 Å². The third kappa shape index (κ3) is 5.20. The van der Waals surface area contributed by atoms with Gasteiger partial charge in [0.2, 0.25) is 5.91 Å². The molecule has 1 aromatic heterocycles. The number of hydrogen-bond donors (Lipinski definition) is 2. The Hall–Kier alpha value is -4.20. The highest BCUT2D eigenvalue weighted by molar-refractivity contribution is 5.96. The van der Waals surface area contributed by atoms with Gasteiger partial charge in [0.15, 0.2) is 0 Å². The summed E-state index contributed by atoms with van der Waals surface area (Å²) in [5.41, 5.74) is 4.52. The summed E-state index contributed by atoms with van der Waals surface area (Å²) in [4.78, 5) is 34.8. The van der Waals surface area contributed by atoms with E-state index >= 15 is 0 Å². The molecule has 0 aliphatic carbocycles. The Morgan fingerprint density at radius 1 is 1.00 bits per heavy atom. The van der Waals surface area contributed by atoms with Gasteiger partial charge in [0.05, 0.1) is 18.9 Å². The Kier molecular flexibility index (Phi) is 6.39. The van der Waals surface area contributed by atoms with E-state index in [9.17, 15) is 14.4 Å². The number of esters is 1. The fraction of sp³-hybridized carbons (Fsp3) is 0.0909. The topological polar surface area (TPSA) is 110 Å². The molecule has 8 nitrogen and oxygen atoms in total. The number of nitrogens with one attached hydrogen (secondary N) is 2. The van der Waals surface area contributed by atoms with Crippen molar-refractivity contribution in [3.05, 3.63) is 77.6 Å². The van der Waals surface area contributed by atoms with E-state index in [1.807, 2.05) is 0 Å². The molecule has 2 N–H and O–H groups in total. The zero-order valence-electron chi connectivity index (χ0n) is 16.3. The van der Waals surface area contributed by atoms with E-state index in [1.54, 1.807) is 60.7 Å². The Labute approximate surface area is 172 Å². The summed E-state index contributed by atoms with van der Waals surface area (Å²) in [6.07, 6.45) is 1.37. The second-order valence-electron chi connectivity index (χ2n) is 6.23. The summed E-state index contributed by atoms with van der Waals surface area (Å²) < 4.78 is 10.4. The van der Waals surface area contributed by atoms with E-state index in [-0.39, 0.29) is 5.91 Å². The van der Waals surface area contributed by atoms with Gasteiger partial charge in [-0.15, -0.1) is 0 Å². The maximum Gasteiger partial charge on any atom is 0.337 e. The average Bonchev–Trinajstić information content (AvgIpc) is 3.22. The Morgan fingerprint density at radius 2 is 1.77 bits per heavy atom. The van der Waals surface area contributed by atoms with Gasteiger partial charge in [-0.3, -0.25) is 9.59 Å². The van der Waals surface area contributed by atoms with Gasteiger partial charge in [0.1, 0.15) is 11.5 Å². The summed E-state index contributed by atoms with van der Waals surface area (Å²) in [5.74, 6) is -0.0558. The number of carbonyl (C=O) groups excluding carboxylic acids is 3. The minimum absolute atomic E-state index is 0.188. The van der Waals surface area contributed by atoms with Crippen LogP contribution in [0.25, 0.3) is 11.3 Å². The summed E-state index contributed by atoms with van der Waals surface area (Å²) in [6.45, 7) is 1.41. The minimum atomic E-state index is -0.432. The highest BCUT2D eigenvalue weighted by Gasteiger charge is 2.09. The molecule has 2 aromatic carbocycles. The summed E-state index contributed by atoms with van der Waals surface area (Å²) in [6, 6.07) is 16.7. The second-order valence-corrected chi connectivity index (χ2v) is 6.23. The maximum atomic E-state index is 12.1. The first-order chi connectivity index (χ1) is 14.5. The van der Waals surface area contributed by atoms with E-state index in [0.29, 0.717) is 33.9 Å². The smallest absolute Gasteiger partial charge is 0.337 e. The van der Waals surface area contributed by atoms with Crippen LogP contribution in [-0.4, -0.2) is 31.1 Å². The molecule has 3 aromatic rings. The fourth-order valence-electron chi connectivity index (χ4n) is 2.62. The summed E-state index contributed by atoms with van der Waals surface area (Å²) in [7, 11) is 1.32. The molecule has 0 spiro atoms. The normalized spacial score (nSPS) is 10.6. The number of ether oxygens (including phenoxy) is 1. The average molecular weight is 405 g/mol. The van der Waals surface area contributed by atoms with E-state index in [2.05, 4.69) is 15.8 Å². The van der Waals surface area contributed by atoms with Crippen LogP contribution < -0.4 is 10.7 Å². The van der Waals surface area contributed by atoms with Crippen molar-refractivity contribution in [3.63, 3.8) is 0 Å². The molecule has 0 radical (unpaired) electrons. The predicted molar refractivity (Wildman–Crippen MR) is 111 cm³/mol. The second kappa shape index (κ2) is 9.33. The molecule has 0 saturated heterocycles. The van der Waals surface area contributed by atoms with Gasteiger partial charge >= 0.3 is 5.97 Å². The quantitative estimate of drug-likeness (QED) is 0.371. The molecular formula is C22H19N3O5. The molecule has 0 aliphatic heterocycles. The number of rotatable bonds is 6. The van der Waals surface area contributed by atoms with Crippen LogP contribution in [0.5, 0.6) is 0 Å². The van der Waals surface area contributed by atoms with Crippen LogP contribution in [0.15, 0.2) is 70.2 Å². The lowest BCUT2D eigenvalue weighted by molar-refractivity contribution is -0.114. The van der Waals surface area contributed by atoms with Crippen LogP contribution in [0.1, 0.15) is 33.4 Å². The van der Waals surface area contributed by atoms with Crippen LogP contribution in [0, 0.1) is 0 Å². The minimum Gasteiger partial charge on any atom is -0.465 e. The Morgan fingerprint density at radius 3 is 2.47 bits per heavy atom. The molecule has 1 heterocycles. The zero-order chi connectivity index (χ0) is 21.5. The lowest BCUT2D eigenvalue weighted by Crippen LogP contribution is -2.17. The Balaban J connectivity index is 1.62. The molecule has 2 amide bonds. The van der Waals surface area contributed by atoms with Crippen molar-refractivity contribution in [2.24, 2.45) is 5.10 Å². The SMILES string of the molecule is COC(=O)c1cccc(-c2ccc(C=NNC(=O)c3ccc(NC(C)=O)cc3)o2)c1. The maximum absolute atomic E-state index is 12.1. The predicted octanol–water partition coefficient (Wildman–Crippen LogP) is 3.46. The number of carbonyl (C=O) groups is 3. The van der Waals surface area contributed by atoms with Gasteiger partial charge in [-0.1, -0.05) is 12.1 Å². The number of methoxy groups -OCH3 is 1. The molecule has 0 aliphatic rings. The monoisotopic (exact) mass is 405 g/mol. The number of furan rings is 1. The standard InChI is InChI=1S/C22H19N3O5/c1-14(26)24-18-8-6-15(7-9-18)21(27)25-23-13-19-10-11-20(30-19)16-4-3-5-17(12-16)22(28)29-2/h3-13H,1-2H3,(H,24,26)(H,25,27). The zero-order valence-corrected chi connectivity index (χ0v) is 16.3. The van der Waals surface area contributed by atoms with E-state index in [1.165, 1.54) is 20.2 Å². The van der Waals surface area contributed by atoms with Gasteiger partial charge in [-0.05, 0) is 48.5 Å². The highest BCUT2D eigenvalue weighted by atomic mass is 16.5. The van der Waals surface area contributed by atoms with Gasteiger partial charge < -0.3 is 14.5 Å². The number of hydrogen-bond acceptors (Lipinski definition) is 6. The van der Waals surface area contributed by atoms with Crippen molar-refractivity contribution in [1.82, 2.24) is 5.43 Å². The van der Waals surface area contributed by atoms with Crippen LogP contribution in [0.2, 0.25) is 0 Å². The van der Waals surface area contributed by atoms with Crippen molar-refractivity contribution < 1.29 is 23.5 Å². The Bertz CT molecular complexity index is 1100. The number of benzene rings is 2. The molecule has 30 heavy (non-hydrogen) atoms. The number of hydrazone groups is 1. The van der Waals surface area contributed by atoms with Gasteiger partial charge in [0.25, 0.3) is 5.91 Å². The number of nitrogens with zero attached hydrogens (tertiary/aromatic N) is 1. The lowest BCUT2D eigenvalue weighted by atomic mass is 10.1. The van der Waals surface area contributed by atoms with Gasteiger partial charge in [-0.25, -0.2) is 10.2 Å². The largest absolute Gasteiger partial charge is 0.465 e. The molecule has 8 heteroatoms. The van der Waals surface area contributed by atoms with E-state index < -0.39 is 11.9 Å². The molecular weight excluding hydrogens is 386 g/mol. The summed E-state index contributed by atoms with van der Waals surface area (Å²) in [5, 5.41) is 6.52. The van der Waals surface area contributed by atoms with Gasteiger partial charge in [-0.2, -0.15) is 5.10 Å². The van der Waals surface area contributed by atoms with Crippen molar-refractivity contribution in [2.45, 2.75) is 6.92 Å². The molecule has 0 unspecified atom stereocenters. The number of amides is 2. The molecule has 0 fully saturated rings. The first kappa shape index (κ1) is 20.5. The van der Waals surface area contributed by atoms with Crippen LogP contribution in [-0.2, 0) is 9.53 Å². The first-order valence-electron chi connectivity index (χ1n) is 8.96. The number of anilines is 1. The van der Waals surface area contributed by atoms with E-state index in [0.717, 1.165) is 0 Å². The van der Waals surface area contributed by atoms with Crippen molar-refractivity contribution in [2.75, 3.05) is 12.4 Å². The molecule has 0 bridgehead atoms. The molecule has 0 atom stereocenters. The van der Waals surface area contributed by atoms with Crippen molar-refractivity contribution in [1.29, 1.82) is 0 Å². The van der Waals surface area contributed by atoms with Crippen molar-refractivity contribution in [3.8, 4) is 11.3 Å². The molecule has 0 saturated carbocycles. The van der Waals surface area contributed by atoms with Crippen LogP contribution >= 0.6 is 0 Å². The third-order valence-electron chi connectivity index (χ3n) is 4.02.